The molecule has 12 nitrogen and oxygen atoms in total. The number of hydrogen-bond acceptors (Lipinski definition) is 9. The number of aliphatic hydroxyl groups is 2. The van der Waals surface area contributed by atoms with Gasteiger partial charge in [-0.15, -0.1) is 0 Å². The number of fused-ring (bicyclic) bond motifs is 1. The number of nitrogens with zero attached hydrogens (tertiary/aromatic N) is 3. The largest absolute Gasteiger partial charge is 0.382 e. The number of ether oxygens (including phenoxy) is 1. The number of nitrogens with one attached hydrogen (secondary N) is 2. The van der Waals surface area contributed by atoms with E-state index in [9.17, 15) is 29.4 Å². The maximum Gasteiger partial charge on any atom is 0.280 e. The Balaban J connectivity index is 2.05. The summed E-state index contributed by atoms with van der Waals surface area (Å²) in [6.07, 6.45) is -3.39. The number of aromatic amines is 1. The van der Waals surface area contributed by atoms with Crippen molar-refractivity contribution in [1.29, 1.82) is 0 Å². The van der Waals surface area contributed by atoms with Gasteiger partial charge in [0.15, 0.2) is 28.3 Å². The molecule has 1 aliphatic rings. The van der Waals surface area contributed by atoms with Crippen molar-refractivity contribution in [2.75, 3.05) is 5.32 Å². The van der Waals surface area contributed by atoms with E-state index in [1.54, 1.807) is 41.5 Å². The van der Waals surface area contributed by atoms with Crippen LogP contribution in [-0.2, 0) is 19.1 Å². The second-order valence-corrected chi connectivity index (χ2v) is 9.54. The van der Waals surface area contributed by atoms with Gasteiger partial charge in [0.2, 0.25) is 11.9 Å². The fourth-order valence-corrected chi connectivity index (χ4v) is 3.90. The second-order valence-electron chi connectivity index (χ2n) is 9.54. The van der Waals surface area contributed by atoms with E-state index >= 15 is 0 Å². The van der Waals surface area contributed by atoms with Crippen molar-refractivity contribution >= 4 is 34.6 Å². The van der Waals surface area contributed by atoms with E-state index in [0.717, 1.165) is 0 Å². The summed E-state index contributed by atoms with van der Waals surface area (Å²) in [4.78, 5) is 60.7. The highest BCUT2D eigenvalue weighted by atomic mass is 16.6. The van der Waals surface area contributed by atoms with Crippen molar-refractivity contribution in [1.82, 2.24) is 19.5 Å². The zero-order valence-corrected chi connectivity index (χ0v) is 20.0. The minimum Gasteiger partial charge on any atom is -0.382 e. The Morgan fingerprint density at radius 2 is 1.82 bits per heavy atom. The van der Waals surface area contributed by atoms with Gasteiger partial charge in [0.05, 0.1) is 6.33 Å². The molecule has 0 saturated carbocycles. The first kappa shape index (κ1) is 25.7. The molecule has 186 valence electrons. The Labute approximate surface area is 195 Å². The number of hydrogen-bond donors (Lipinski definition) is 4. The Kier molecular flexibility index (Phi) is 7.06. The summed E-state index contributed by atoms with van der Waals surface area (Å²) in [7, 11) is 0. The smallest absolute Gasteiger partial charge is 0.280 e. The number of H-pyrrole nitrogens is 1. The molecule has 4 N–H and O–H groups in total. The van der Waals surface area contributed by atoms with Crippen LogP contribution in [0.1, 0.15) is 54.2 Å². The van der Waals surface area contributed by atoms with Gasteiger partial charge in [0.1, 0.15) is 18.4 Å². The maximum absolute atomic E-state index is 13.0. The van der Waals surface area contributed by atoms with Crippen molar-refractivity contribution in [2.45, 2.75) is 72.0 Å². The van der Waals surface area contributed by atoms with E-state index < -0.39 is 53.0 Å². The normalized spacial score (nSPS) is 23.7. The first-order valence-corrected chi connectivity index (χ1v) is 11.2. The van der Waals surface area contributed by atoms with Crippen molar-refractivity contribution in [3.8, 4) is 0 Å². The molecule has 2 aromatic heterocycles. The van der Waals surface area contributed by atoms with Crippen molar-refractivity contribution in [3.63, 3.8) is 0 Å². The minimum absolute atomic E-state index is 0.0393. The zero-order chi connectivity index (χ0) is 25.5. The Hall–Kier alpha value is -2.96. The van der Waals surface area contributed by atoms with Gasteiger partial charge in [-0.05, 0) is 0 Å². The average molecular weight is 478 g/mol. The lowest BCUT2D eigenvalue weighted by Crippen LogP contribution is -2.55. The lowest BCUT2D eigenvalue weighted by molar-refractivity contribution is -0.163. The van der Waals surface area contributed by atoms with Gasteiger partial charge in [0, 0.05) is 24.2 Å². The molecule has 4 atom stereocenters. The molecule has 1 saturated heterocycles. The monoisotopic (exact) mass is 477 g/mol. The van der Waals surface area contributed by atoms with Gasteiger partial charge in [-0.2, -0.15) is 4.98 Å². The number of rotatable bonds is 8. The number of aromatic nitrogens is 4. The van der Waals surface area contributed by atoms with Crippen LogP contribution in [0.25, 0.3) is 11.2 Å². The van der Waals surface area contributed by atoms with Gasteiger partial charge in [-0.25, -0.2) is 4.98 Å². The van der Waals surface area contributed by atoms with Gasteiger partial charge in [-0.1, -0.05) is 41.5 Å². The standard InChI is InChI=1S/C22H31N5O7/c1-9(2)14(28)15(29)17-22(33,16(30)10(3)4)7-12(34-17)27-8-23-13-18(27)24-21(26-20(13)32)25-19(31)11(5)6/h8-12,15,17,29,33H,7H2,1-6H3,(H2,24,25,26,31,32)/t12-,15?,17-,22-/m1/s1. The molecule has 0 spiro atoms. The summed E-state index contributed by atoms with van der Waals surface area (Å²) in [5.74, 6) is -3.15. The Bertz CT molecular complexity index is 1170. The van der Waals surface area contributed by atoms with E-state index in [2.05, 4.69) is 20.3 Å². The third-order valence-corrected chi connectivity index (χ3v) is 5.87. The first-order chi connectivity index (χ1) is 15.8. The molecule has 0 bridgehead atoms. The zero-order valence-electron chi connectivity index (χ0n) is 20.0. The van der Waals surface area contributed by atoms with E-state index in [1.807, 2.05) is 0 Å². The molecule has 2 aromatic rings. The predicted octanol–water partition coefficient (Wildman–Crippen LogP) is 0.544. The quantitative estimate of drug-likeness (QED) is 0.423. The van der Waals surface area contributed by atoms with Gasteiger partial charge in [0.25, 0.3) is 5.56 Å². The van der Waals surface area contributed by atoms with Gasteiger partial charge in [-0.3, -0.25) is 34.0 Å². The van der Waals surface area contributed by atoms with Crippen LogP contribution in [-0.4, -0.2) is 65.0 Å². The summed E-state index contributed by atoms with van der Waals surface area (Å²) in [6, 6.07) is 0. The minimum atomic E-state index is -2.16. The van der Waals surface area contributed by atoms with Crippen LogP contribution in [0.5, 0.6) is 0 Å². The SMILES string of the molecule is CC(C)C(=O)Nc1nc2c(ncn2[C@H]2C[C@@](O)(C(=O)C(C)C)[C@@H](C(O)C(=O)C(C)C)O2)c(=O)[nH]1. The number of amides is 1. The van der Waals surface area contributed by atoms with Crippen molar-refractivity contribution < 1.29 is 29.3 Å². The maximum atomic E-state index is 13.0. The molecule has 1 aliphatic heterocycles. The van der Waals surface area contributed by atoms with E-state index in [-0.39, 0.29) is 35.4 Å². The molecular weight excluding hydrogens is 446 g/mol. The van der Waals surface area contributed by atoms with Crippen LogP contribution < -0.4 is 10.9 Å². The molecule has 0 aromatic carbocycles. The predicted molar refractivity (Wildman–Crippen MR) is 121 cm³/mol. The number of anilines is 1. The number of Topliss-reactive ketones (excluding diaryl/α,β-unsaturated/α-hetero) is 2. The summed E-state index contributed by atoms with van der Waals surface area (Å²) in [5, 5.41) is 24.6. The molecule has 1 amide bonds. The highest BCUT2D eigenvalue weighted by Gasteiger charge is 2.57. The molecule has 12 heteroatoms. The molecule has 1 unspecified atom stereocenters. The van der Waals surface area contributed by atoms with E-state index in [0.29, 0.717) is 0 Å². The summed E-state index contributed by atoms with van der Waals surface area (Å²) in [6.45, 7) is 9.73. The molecule has 0 radical (unpaired) electrons. The second kappa shape index (κ2) is 9.35. The molecule has 0 aliphatic carbocycles. The molecule has 3 rings (SSSR count). The highest BCUT2D eigenvalue weighted by molar-refractivity contribution is 5.93. The first-order valence-electron chi connectivity index (χ1n) is 11.2. The van der Waals surface area contributed by atoms with Crippen LogP contribution in [0.2, 0.25) is 0 Å². The summed E-state index contributed by atoms with van der Waals surface area (Å²) in [5.41, 5.74) is -2.78. The average Bonchev–Trinajstić information content (AvgIpc) is 3.33. The number of carbonyl (C=O) groups is 3. The lowest BCUT2D eigenvalue weighted by Gasteiger charge is -2.31. The number of carbonyl (C=O) groups excluding carboxylic acids is 3. The van der Waals surface area contributed by atoms with Crippen LogP contribution in [0, 0.1) is 17.8 Å². The van der Waals surface area contributed by atoms with Crippen LogP contribution in [0.4, 0.5) is 5.95 Å². The van der Waals surface area contributed by atoms with Crippen molar-refractivity contribution in [2.24, 2.45) is 17.8 Å². The third kappa shape index (κ3) is 4.52. The molecular formula is C22H31N5O7. The number of aliphatic hydroxyl groups excluding tert-OH is 1. The Morgan fingerprint density at radius 1 is 1.18 bits per heavy atom. The highest BCUT2D eigenvalue weighted by Crippen LogP contribution is 2.41. The molecule has 34 heavy (non-hydrogen) atoms. The fourth-order valence-electron chi connectivity index (χ4n) is 3.90. The molecule has 3 heterocycles. The van der Waals surface area contributed by atoms with Crippen LogP contribution >= 0.6 is 0 Å². The third-order valence-electron chi connectivity index (χ3n) is 5.87. The summed E-state index contributed by atoms with van der Waals surface area (Å²) >= 11 is 0. The van der Waals surface area contributed by atoms with E-state index in [1.165, 1.54) is 10.9 Å². The topological polar surface area (TPSA) is 176 Å². The number of imidazole rings is 1. The number of ketones is 2. The van der Waals surface area contributed by atoms with Gasteiger partial charge >= 0.3 is 0 Å². The van der Waals surface area contributed by atoms with Crippen LogP contribution in [0.3, 0.4) is 0 Å². The van der Waals surface area contributed by atoms with Crippen LogP contribution in [0.15, 0.2) is 11.1 Å². The van der Waals surface area contributed by atoms with Crippen molar-refractivity contribution in [3.05, 3.63) is 16.7 Å². The lowest BCUT2D eigenvalue weighted by atomic mass is 9.80. The van der Waals surface area contributed by atoms with E-state index in [4.69, 9.17) is 4.74 Å². The Morgan fingerprint density at radius 3 is 2.38 bits per heavy atom. The molecule has 1 fully saturated rings. The summed E-state index contributed by atoms with van der Waals surface area (Å²) < 4.78 is 7.21. The van der Waals surface area contributed by atoms with Gasteiger partial charge < -0.3 is 14.9 Å². The fraction of sp³-hybridized carbons (Fsp3) is 0.636.